The standard InChI is InChI=1S/C15H34N4O.HI/c1-5-8-13-20-14-9-10-17-15(16-4)18-11-12-19(6-2)7-3;/h5-14H2,1-4H3,(H2,16,17,18);1H. The lowest BCUT2D eigenvalue weighted by Crippen LogP contribution is -2.42. The molecule has 0 aromatic carbocycles. The van der Waals surface area contributed by atoms with Crippen LogP contribution in [0.25, 0.3) is 0 Å². The van der Waals surface area contributed by atoms with Crippen molar-refractivity contribution in [3.63, 3.8) is 0 Å². The summed E-state index contributed by atoms with van der Waals surface area (Å²) in [5.41, 5.74) is 0. The average Bonchev–Trinajstić information content (AvgIpc) is 2.48. The molecule has 0 aliphatic heterocycles. The molecule has 2 N–H and O–H groups in total. The number of unbranched alkanes of at least 4 members (excludes halogenated alkanes) is 1. The summed E-state index contributed by atoms with van der Waals surface area (Å²) in [5, 5.41) is 6.65. The van der Waals surface area contributed by atoms with E-state index in [2.05, 4.69) is 41.3 Å². The van der Waals surface area contributed by atoms with Crippen LogP contribution < -0.4 is 10.6 Å². The highest BCUT2D eigenvalue weighted by molar-refractivity contribution is 14.0. The zero-order chi connectivity index (χ0) is 15.1. The zero-order valence-electron chi connectivity index (χ0n) is 14.3. The Bertz CT molecular complexity index is 236. The zero-order valence-corrected chi connectivity index (χ0v) is 16.6. The molecule has 0 aromatic heterocycles. The van der Waals surface area contributed by atoms with Crippen molar-refractivity contribution in [1.82, 2.24) is 15.5 Å². The number of hydrogen-bond donors (Lipinski definition) is 2. The SMILES string of the molecule is CCCCOCCCNC(=NC)NCCN(CC)CC.I. The summed E-state index contributed by atoms with van der Waals surface area (Å²) in [6, 6.07) is 0. The Balaban J connectivity index is 0. The predicted octanol–water partition coefficient (Wildman–Crippen LogP) is 2.32. The molecule has 0 saturated carbocycles. The molecular weight excluding hydrogens is 379 g/mol. The summed E-state index contributed by atoms with van der Waals surface area (Å²) < 4.78 is 5.52. The van der Waals surface area contributed by atoms with E-state index in [0.717, 1.165) is 64.7 Å². The molecule has 6 heteroatoms. The summed E-state index contributed by atoms with van der Waals surface area (Å²) in [5.74, 6) is 0.880. The lowest BCUT2D eigenvalue weighted by Gasteiger charge is -2.19. The van der Waals surface area contributed by atoms with Crippen LogP contribution in [0.3, 0.4) is 0 Å². The molecule has 0 fully saturated rings. The first kappa shape index (κ1) is 23.2. The van der Waals surface area contributed by atoms with E-state index in [4.69, 9.17) is 4.74 Å². The molecule has 5 nitrogen and oxygen atoms in total. The van der Waals surface area contributed by atoms with E-state index in [-0.39, 0.29) is 24.0 Å². The largest absolute Gasteiger partial charge is 0.381 e. The second kappa shape index (κ2) is 18.0. The number of likely N-dealkylation sites (N-methyl/N-ethyl adjacent to an activating group) is 1. The number of rotatable bonds is 12. The minimum atomic E-state index is 0. The third kappa shape index (κ3) is 14.6. The first-order chi connectivity index (χ1) is 9.78. The molecule has 0 amide bonds. The van der Waals surface area contributed by atoms with Crippen molar-refractivity contribution in [2.75, 3.05) is 53.0 Å². The van der Waals surface area contributed by atoms with Crippen LogP contribution in [0.2, 0.25) is 0 Å². The molecule has 0 radical (unpaired) electrons. The molecule has 0 rings (SSSR count). The molecule has 0 aromatic rings. The quantitative estimate of drug-likeness (QED) is 0.223. The van der Waals surface area contributed by atoms with Crippen molar-refractivity contribution in [3.8, 4) is 0 Å². The average molecular weight is 414 g/mol. The highest BCUT2D eigenvalue weighted by Gasteiger charge is 2.00. The van der Waals surface area contributed by atoms with Crippen LogP contribution in [0.5, 0.6) is 0 Å². The Hall–Kier alpha value is -0.0800. The Labute approximate surface area is 148 Å². The highest BCUT2D eigenvalue weighted by atomic mass is 127. The van der Waals surface area contributed by atoms with Crippen LogP contribution in [0.4, 0.5) is 0 Å². The summed E-state index contributed by atoms with van der Waals surface area (Å²) in [4.78, 5) is 6.61. The smallest absolute Gasteiger partial charge is 0.191 e. The maximum Gasteiger partial charge on any atom is 0.191 e. The van der Waals surface area contributed by atoms with Crippen LogP contribution in [0.15, 0.2) is 4.99 Å². The molecule has 0 aliphatic rings. The Morgan fingerprint density at radius 2 is 1.62 bits per heavy atom. The van der Waals surface area contributed by atoms with E-state index >= 15 is 0 Å². The van der Waals surface area contributed by atoms with Gasteiger partial charge in [-0.05, 0) is 25.9 Å². The molecule has 0 atom stereocenters. The fraction of sp³-hybridized carbons (Fsp3) is 0.933. The number of hydrogen-bond acceptors (Lipinski definition) is 3. The van der Waals surface area contributed by atoms with Crippen LogP contribution in [0.1, 0.15) is 40.0 Å². The maximum absolute atomic E-state index is 5.52. The minimum absolute atomic E-state index is 0. The molecule has 0 aliphatic carbocycles. The summed E-state index contributed by atoms with van der Waals surface area (Å²) in [7, 11) is 1.81. The van der Waals surface area contributed by atoms with Gasteiger partial charge in [0.1, 0.15) is 0 Å². The normalized spacial score (nSPS) is 11.4. The van der Waals surface area contributed by atoms with Gasteiger partial charge in [0.25, 0.3) is 0 Å². The van der Waals surface area contributed by atoms with Gasteiger partial charge in [0.2, 0.25) is 0 Å². The Morgan fingerprint density at radius 1 is 1.00 bits per heavy atom. The number of nitrogens with zero attached hydrogens (tertiary/aromatic N) is 2. The third-order valence-corrected chi connectivity index (χ3v) is 3.24. The van der Waals surface area contributed by atoms with Gasteiger partial charge in [0.05, 0.1) is 0 Å². The maximum atomic E-state index is 5.52. The van der Waals surface area contributed by atoms with Crippen LogP contribution in [-0.2, 0) is 4.74 Å². The van der Waals surface area contributed by atoms with Crippen molar-refractivity contribution in [3.05, 3.63) is 0 Å². The lowest BCUT2D eigenvalue weighted by atomic mass is 10.4. The topological polar surface area (TPSA) is 48.9 Å². The van der Waals surface area contributed by atoms with Crippen molar-refractivity contribution >= 4 is 29.9 Å². The molecule has 0 heterocycles. The predicted molar refractivity (Wildman–Crippen MR) is 103 cm³/mol. The monoisotopic (exact) mass is 414 g/mol. The van der Waals surface area contributed by atoms with Gasteiger partial charge in [0.15, 0.2) is 5.96 Å². The van der Waals surface area contributed by atoms with Gasteiger partial charge in [-0.1, -0.05) is 27.2 Å². The number of halogens is 1. The number of nitrogens with one attached hydrogen (secondary N) is 2. The second-order valence-electron chi connectivity index (χ2n) is 4.77. The first-order valence-electron chi connectivity index (χ1n) is 8.03. The van der Waals surface area contributed by atoms with Crippen molar-refractivity contribution < 1.29 is 4.74 Å². The summed E-state index contributed by atoms with van der Waals surface area (Å²) >= 11 is 0. The van der Waals surface area contributed by atoms with E-state index in [1.54, 1.807) is 0 Å². The summed E-state index contributed by atoms with van der Waals surface area (Å²) in [6.07, 6.45) is 3.36. The van der Waals surface area contributed by atoms with Gasteiger partial charge in [0, 0.05) is 39.9 Å². The van der Waals surface area contributed by atoms with Crippen molar-refractivity contribution in [1.29, 1.82) is 0 Å². The van der Waals surface area contributed by atoms with Gasteiger partial charge in [-0.2, -0.15) is 0 Å². The number of aliphatic imine (C=N–C) groups is 1. The van der Waals surface area contributed by atoms with E-state index < -0.39 is 0 Å². The minimum Gasteiger partial charge on any atom is -0.381 e. The van der Waals surface area contributed by atoms with Gasteiger partial charge < -0.3 is 20.3 Å². The van der Waals surface area contributed by atoms with E-state index in [1.807, 2.05) is 7.05 Å². The fourth-order valence-electron chi connectivity index (χ4n) is 1.82. The molecular formula is C15H35IN4O. The summed E-state index contributed by atoms with van der Waals surface area (Å²) in [6.45, 7) is 13.3. The fourth-order valence-corrected chi connectivity index (χ4v) is 1.82. The molecule has 0 bridgehead atoms. The molecule has 0 spiro atoms. The molecule has 0 saturated heterocycles. The van der Waals surface area contributed by atoms with Crippen LogP contribution in [-0.4, -0.2) is 63.8 Å². The second-order valence-corrected chi connectivity index (χ2v) is 4.77. The Morgan fingerprint density at radius 3 is 2.19 bits per heavy atom. The first-order valence-corrected chi connectivity index (χ1v) is 8.03. The van der Waals surface area contributed by atoms with Gasteiger partial charge in [-0.3, -0.25) is 4.99 Å². The van der Waals surface area contributed by atoms with Gasteiger partial charge in [-0.15, -0.1) is 24.0 Å². The lowest BCUT2D eigenvalue weighted by molar-refractivity contribution is 0.129. The van der Waals surface area contributed by atoms with Crippen LogP contribution in [0, 0.1) is 0 Å². The molecule has 128 valence electrons. The van der Waals surface area contributed by atoms with Crippen LogP contribution >= 0.6 is 24.0 Å². The number of ether oxygens (including phenoxy) is 1. The van der Waals surface area contributed by atoms with Gasteiger partial charge >= 0.3 is 0 Å². The Kier molecular flexibility index (Phi) is 19.8. The van der Waals surface area contributed by atoms with E-state index in [1.165, 1.54) is 6.42 Å². The van der Waals surface area contributed by atoms with E-state index in [0.29, 0.717) is 0 Å². The number of guanidine groups is 1. The van der Waals surface area contributed by atoms with E-state index in [9.17, 15) is 0 Å². The highest BCUT2D eigenvalue weighted by Crippen LogP contribution is 1.89. The van der Waals surface area contributed by atoms with Gasteiger partial charge in [-0.25, -0.2) is 0 Å². The molecule has 21 heavy (non-hydrogen) atoms. The third-order valence-electron chi connectivity index (χ3n) is 3.24. The van der Waals surface area contributed by atoms with Crippen molar-refractivity contribution in [2.24, 2.45) is 4.99 Å². The molecule has 0 unspecified atom stereocenters. The van der Waals surface area contributed by atoms with Crippen molar-refractivity contribution in [2.45, 2.75) is 40.0 Å².